The van der Waals surface area contributed by atoms with Crippen molar-refractivity contribution in [1.29, 1.82) is 0 Å². The average Bonchev–Trinajstić information content (AvgIpc) is 1.51. The number of fused-ring (bicyclic) bond motifs is 29. The van der Waals surface area contributed by atoms with E-state index in [0.717, 1.165) is 120 Å². The van der Waals surface area contributed by atoms with Gasteiger partial charge in [0.2, 0.25) is 0 Å². The summed E-state index contributed by atoms with van der Waals surface area (Å²) in [4.78, 5) is 65.1. The van der Waals surface area contributed by atoms with Gasteiger partial charge in [0.15, 0.2) is 0 Å². The van der Waals surface area contributed by atoms with E-state index in [0.29, 0.717) is 65.8 Å². The summed E-state index contributed by atoms with van der Waals surface area (Å²) >= 11 is 0. The Morgan fingerprint density at radius 1 is 0.333 bits per heavy atom. The van der Waals surface area contributed by atoms with Crippen molar-refractivity contribution in [1.82, 2.24) is 0 Å². The topological polar surface area (TPSA) is 176 Å². The number of ether oxygens (including phenoxy) is 8. The van der Waals surface area contributed by atoms with Gasteiger partial charge in [0.25, 0.3) is 0 Å². The molecule has 602 valence electrons. The number of rotatable bonds is 14. The van der Waals surface area contributed by atoms with Crippen LogP contribution in [0.25, 0.3) is 0 Å². The molecule has 23 unspecified atom stereocenters. The van der Waals surface area contributed by atoms with E-state index < -0.39 is 0 Å². The number of hydrogen-bond acceptors (Lipinski definition) is 14. The van der Waals surface area contributed by atoms with Crippen LogP contribution in [0.4, 0.5) is 0 Å². The van der Waals surface area contributed by atoms with Crippen LogP contribution in [0.15, 0.2) is 97.2 Å². The summed E-state index contributed by atoms with van der Waals surface area (Å²) in [6.07, 6.45) is 55.5. The number of carbonyl (C=O) groups excluding carboxylic acids is 6. The summed E-state index contributed by atoms with van der Waals surface area (Å²) in [6.45, 7) is 32.3. The highest BCUT2D eigenvalue weighted by molar-refractivity contribution is 5.89. The second-order valence-electron chi connectivity index (χ2n) is 37.4. The summed E-state index contributed by atoms with van der Waals surface area (Å²) in [5.41, 5.74) is 2.67. The van der Waals surface area contributed by atoms with E-state index in [4.69, 9.17) is 9.47 Å². The monoisotopic (exact) mass is 1500 g/mol. The van der Waals surface area contributed by atoms with Gasteiger partial charge in [-0.25, -0.2) is 28.8 Å². The Bertz CT molecular complexity index is 3010. The third-order valence-corrected chi connectivity index (χ3v) is 30.3. The zero-order valence-electron chi connectivity index (χ0n) is 68.5. The number of methoxy groups -OCH3 is 4. The van der Waals surface area contributed by atoms with Crippen molar-refractivity contribution in [3.63, 3.8) is 0 Å². The Hall–Kier alpha value is -5.34. The van der Waals surface area contributed by atoms with Crippen molar-refractivity contribution in [3.8, 4) is 0 Å². The van der Waals surface area contributed by atoms with Gasteiger partial charge in [0, 0.05) is 47.7 Å². The molecule has 0 aromatic carbocycles. The minimum atomic E-state index is -0.364. The predicted molar refractivity (Wildman–Crippen MR) is 426 cm³/mol. The first-order valence-corrected chi connectivity index (χ1v) is 42.9. The zero-order chi connectivity index (χ0) is 77.7. The lowest BCUT2D eigenvalue weighted by Gasteiger charge is -2.55. The molecule has 16 bridgehead atoms. The molecule has 0 saturated heterocycles. The van der Waals surface area contributed by atoms with Gasteiger partial charge in [0.1, 0.15) is 24.9 Å². The summed E-state index contributed by atoms with van der Waals surface area (Å²) < 4.78 is 38.7. The lowest BCUT2D eigenvalue weighted by Crippen LogP contribution is -2.52. The standard InChI is InChI=1S/C16H22O2.C14H20O2.2C10H16.2C10H14.2C7H12O3.2C5H8O2/c1-8(2)16(17)18-13-7-11-6-12(13)15-10-4-3-9(5-10)14(11)15;1-9(2)13(15)16-14-6-10-3-11(7-14)5-12(4-10)8-14;4*1-2-9-7-4-5-8(6-7)10(9)3-1;2*1-6(2)7(8)10-5-4-9-3;2*1-4(2)5(6)7-3/h9-15H,1,3-7H2,2H3;10-12H,1,3-8H2,2H3;2*7-10H,1-6H2;2*1-2,7-10H,3-6H2;2*1,4-5H2,2-3H3;2*1H2,2-3H3. The Labute approximate surface area is 651 Å². The Balaban J connectivity index is 0.000000130. The molecule has 23 atom stereocenters. The maximum atomic E-state index is 11.7. The van der Waals surface area contributed by atoms with Crippen LogP contribution in [0.2, 0.25) is 0 Å². The molecule has 14 nitrogen and oxygen atoms in total. The predicted octanol–water partition coefficient (Wildman–Crippen LogP) is 20.1. The summed E-state index contributed by atoms with van der Waals surface area (Å²) in [5, 5.41) is 0. The van der Waals surface area contributed by atoms with Crippen LogP contribution in [-0.2, 0) is 66.7 Å². The molecule has 18 fully saturated rings. The highest BCUT2D eigenvalue weighted by atomic mass is 16.6. The van der Waals surface area contributed by atoms with Crippen molar-refractivity contribution in [2.75, 3.05) is 54.9 Å². The third-order valence-electron chi connectivity index (χ3n) is 30.3. The average molecular weight is 1500 g/mol. The van der Waals surface area contributed by atoms with Crippen molar-refractivity contribution < 1.29 is 66.7 Å². The van der Waals surface area contributed by atoms with Crippen LogP contribution in [0.5, 0.6) is 0 Å². The normalized spacial score (nSPS) is 38.9. The molecule has 0 heterocycles. The molecule has 0 aromatic rings. The van der Waals surface area contributed by atoms with Crippen LogP contribution in [0, 0.1) is 148 Å². The third kappa shape index (κ3) is 21.1. The van der Waals surface area contributed by atoms with Crippen molar-refractivity contribution in [2.45, 2.75) is 252 Å². The quantitative estimate of drug-likeness (QED) is 0.0401. The molecular formula is C94H142O14. The van der Waals surface area contributed by atoms with E-state index in [2.05, 4.69) is 92.2 Å². The molecule has 18 saturated carbocycles. The van der Waals surface area contributed by atoms with Gasteiger partial charge in [-0.05, 0) is 376 Å². The Kier molecular flexibility index (Phi) is 31.1. The number of allylic oxidation sites excluding steroid dienone is 4. The fourth-order valence-corrected chi connectivity index (χ4v) is 26.4. The SMILES string of the molecule is C1=CC2C3CCC(C3)C2C1.C1=CC2C3CCC(C3)C2C1.C1CC2C3CCC(C3)C2C1.C1CC2C3CCC(C3)C2C1.C=C(C)C(=O)OC.C=C(C)C(=O)OC.C=C(C)C(=O)OC12CC3CC(CC(C3)C1)C2.C=C(C)C(=O)OC1CC2CC1C1C3CCC(C3)C21.C=C(C)C(=O)OCCOC.C=C(C)C(=O)OCCOC. The lowest BCUT2D eigenvalue weighted by atomic mass is 9.54. The molecule has 0 aliphatic heterocycles. The van der Waals surface area contributed by atoms with Gasteiger partial charge in [-0.1, -0.05) is 76.6 Å². The molecular weight excluding hydrogens is 1350 g/mol. The molecule has 0 spiro atoms. The van der Waals surface area contributed by atoms with Crippen LogP contribution in [0.1, 0.15) is 241 Å². The minimum absolute atomic E-state index is 0.106. The first kappa shape index (κ1) is 85.1. The van der Waals surface area contributed by atoms with Gasteiger partial charge >= 0.3 is 35.8 Å². The zero-order valence-corrected chi connectivity index (χ0v) is 68.5. The van der Waals surface area contributed by atoms with Gasteiger partial charge in [-0.15, -0.1) is 0 Å². The van der Waals surface area contributed by atoms with E-state index in [1.165, 1.54) is 132 Å². The van der Waals surface area contributed by atoms with Crippen LogP contribution in [0.3, 0.4) is 0 Å². The molecule has 14 heteroatoms. The Morgan fingerprint density at radius 2 is 0.667 bits per heavy atom. The second-order valence-corrected chi connectivity index (χ2v) is 37.4. The first-order valence-electron chi connectivity index (χ1n) is 42.9. The molecule has 0 N–H and O–H groups in total. The maximum Gasteiger partial charge on any atom is 0.333 e. The van der Waals surface area contributed by atoms with Crippen LogP contribution < -0.4 is 0 Å². The van der Waals surface area contributed by atoms with E-state index in [1.807, 2.05) is 0 Å². The lowest BCUT2D eigenvalue weighted by molar-refractivity contribution is -0.182. The maximum absolute atomic E-state index is 11.7. The molecule has 0 radical (unpaired) electrons. The second kappa shape index (κ2) is 39.4. The minimum Gasteiger partial charge on any atom is -0.466 e. The fourth-order valence-electron chi connectivity index (χ4n) is 26.4. The molecule has 20 aliphatic rings. The highest BCUT2D eigenvalue weighted by Crippen LogP contribution is 2.68. The van der Waals surface area contributed by atoms with Crippen molar-refractivity contribution >= 4 is 35.8 Å². The van der Waals surface area contributed by atoms with E-state index in [1.54, 1.807) is 158 Å². The summed E-state index contributed by atoms with van der Waals surface area (Å²) in [7, 11) is 5.76. The molecule has 0 amide bonds. The smallest absolute Gasteiger partial charge is 0.333 e. The molecule has 108 heavy (non-hydrogen) atoms. The molecule has 20 aliphatic carbocycles. The summed E-state index contributed by atoms with van der Waals surface area (Å²) in [5.74, 6) is 24.4. The molecule has 20 rings (SSSR count). The van der Waals surface area contributed by atoms with Gasteiger partial charge < -0.3 is 37.9 Å². The van der Waals surface area contributed by atoms with Crippen molar-refractivity contribution in [3.05, 3.63) is 97.2 Å². The van der Waals surface area contributed by atoms with Crippen LogP contribution >= 0.6 is 0 Å². The fraction of sp³-hybridized carbons (Fsp3) is 0.766. The first-order chi connectivity index (χ1) is 51.7. The Morgan fingerprint density at radius 3 is 1.01 bits per heavy atom. The summed E-state index contributed by atoms with van der Waals surface area (Å²) in [6, 6.07) is 0. The number of hydrogen-bond donors (Lipinski definition) is 0. The van der Waals surface area contributed by atoms with Gasteiger partial charge in [0.05, 0.1) is 27.4 Å². The largest absolute Gasteiger partial charge is 0.466 e. The molecule has 0 aromatic heterocycles. The van der Waals surface area contributed by atoms with Crippen molar-refractivity contribution in [2.24, 2.45) is 148 Å². The highest BCUT2D eigenvalue weighted by Gasteiger charge is 2.63. The van der Waals surface area contributed by atoms with Gasteiger partial charge in [-0.2, -0.15) is 0 Å². The van der Waals surface area contributed by atoms with Crippen LogP contribution in [-0.4, -0.2) is 102 Å². The van der Waals surface area contributed by atoms with E-state index in [9.17, 15) is 28.8 Å². The van der Waals surface area contributed by atoms with E-state index >= 15 is 0 Å². The number of esters is 6. The van der Waals surface area contributed by atoms with E-state index in [-0.39, 0.29) is 47.5 Å². The number of carbonyl (C=O) groups is 6. The van der Waals surface area contributed by atoms with Gasteiger partial charge in [-0.3, -0.25) is 0 Å².